The zero-order chi connectivity index (χ0) is 15.0. The van der Waals surface area contributed by atoms with E-state index in [9.17, 15) is 4.79 Å². The number of ether oxygens (including phenoxy) is 2. The van der Waals surface area contributed by atoms with Gasteiger partial charge in [-0.15, -0.1) is 12.4 Å². The van der Waals surface area contributed by atoms with Crippen LogP contribution in [-0.2, 0) is 9.53 Å². The van der Waals surface area contributed by atoms with Gasteiger partial charge in [-0.05, 0) is 13.0 Å². The Morgan fingerprint density at radius 3 is 2.91 bits per heavy atom. The Balaban J connectivity index is 0.00000176. The van der Waals surface area contributed by atoms with Crippen molar-refractivity contribution in [2.75, 3.05) is 19.8 Å². The molecule has 2 heterocycles. The molecule has 3 rings (SSSR count). The standard InChI is InChI=1S/C14H16Cl2N2O3.ClH/c1-7-12(17-4-5-20-7)14(19)18-10-6-21-13-8(10)2-3-9(15)11(13)16;/h2-3,7,10,12,17H,4-6H2,1H3,(H,18,19);1H/t7-,10?,12+;/m1./s1. The van der Waals surface area contributed by atoms with E-state index in [0.717, 1.165) is 5.56 Å². The van der Waals surface area contributed by atoms with E-state index in [1.807, 2.05) is 13.0 Å². The van der Waals surface area contributed by atoms with Crippen LogP contribution >= 0.6 is 35.6 Å². The number of hydrogen-bond acceptors (Lipinski definition) is 4. The number of hydrogen-bond donors (Lipinski definition) is 2. The van der Waals surface area contributed by atoms with Gasteiger partial charge in [0.1, 0.15) is 23.4 Å². The number of halogens is 3. The lowest BCUT2D eigenvalue weighted by molar-refractivity contribution is -0.129. The molecule has 3 atom stereocenters. The van der Waals surface area contributed by atoms with Gasteiger partial charge in [0.25, 0.3) is 0 Å². The van der Waals surface area contributed by atoms with Crippen molar-refractivity contribution in [2.45, 2.75) is 25.1 Å². The minimum atomic E-state index is -0.356. The van der Waals surface area contributed by atoms with Crippen LogP contribution in [0, 0.1) is 0 Å². The van der Waals surface area contributed by atoms with Crippen LogP contribution in [0.3, 0.4) is 0 Å². The second-order valence-corrected chi connectivity index (χ2v) is 5.94. The van der Waals surface area contributed by atoms with E-state index < -0.39 is 0 Å². The lowest BCUT2D eigenvalue weighted by Gasteiger charge is -2.30. The van der Waals surface area contributed by atoms with Gasteiger partial charge in [0.15, 0.2) is 0 Å². The second kappa shape index (κ2) is 7.23. The van der Waals surface area contributed by atoms with E-state index in [0.29, 0.717) is 35.6 Å². The molecule has 0 aliphatic carbocycles. The number of carbonyl (C=O) groups is 1. The number of nitrogens with one attached hydrogen (secondary N) is 2. The molecule has 1 unspecified atom stereocenters. The summed E-state index contributed by atoms with van der Waals surface area (Å²) in [5, 5.41) is 6.97. The van der Waals surface area contributed by atoms with Gasteiger partial charge in [-0.25, -0.2) is 0 Å². The first kappa shape index (κ1) is 17.6. The van der Waals surface area contributed by atoms with E-state index in [1.165, 1.54) is 0 Å². The molecule has 0 spiro atoms. The molecule has 1 aromatic rings. The fourth-order valence-electron chi connectivity index (χ4n) is 2.63. The number of carbonyl (C=O) groups excluding carboxylic acids is 1. The maximum atomic E-state index is 12.4. The highest BCUT2D eigenvalue weighted by Gasteiger charge is 2.33. The van der Waals surface area contributed by atoms with Crippen molar-refractivity contribution in [1.29, 1.82) is 0 Å². The van der Waals surface area contributed by atoms with Gasteiger partial charge in [-0.1, -0.05) is 29.3 Å². The Morgan fingerprint density at radius 2 is 2.18 bits per heavy atom. The van der Waals surface area contributed by atoms with E-state index >= 15 is 0 Å². The van der Waals surface area contributed by atoms with Crippen molar-refractivity contribution < 1.29 is 14.3 Å². The molecule has 22 heavy (non-hydrogen) atoms. The summed E-state index contributed by atoms with van der Waals surface area (Å²) < 4.78 is 11.0. The average Bonchev–Trinajstić information content (AvgIpc) is 2.87. The lowest BCUT2D eigenvalue weighted by atomic mass is 10.1. The molecule has 1 saturated heterocycles. The monoisotopic (exact) mass is 366 g/mol. The van der Waals surface area contributed by atoms with E-state index in [-0.39, 0.29) is 36.5 Å². The average molecular weight is 368 g/mol. The van der Waals surface area contributed by atoms with Crippen molar-refractivity contribution in [3.05, 3.63) is 27.7 Å². The molecule has 2 N–H and O–H groups in total. The molecular weight excluding hydrogens is 351 g/mol. The van der Waals surface area contributed by atoms with Gasteiger partial charge in [-0.3, -0.25) is 4.79 Å². The Hall–Kier alpha value is -0.720. The van der Waals surface area contributed by atoms with Crippen molar-refractivity contribution in [3.63, 3.8) is 0 Å². The van der Waals surface area contributed by atoms with Crippen LogP contribution in [0.1, 0.15) is 18.5 Å². The Kier molecular flexibility index (Phi) is 5.80. The first-order valence-corrected chi connectivity index (χ1v) is 7.59. The van der Waals surface area contributed by atoms with Crippen LogP contribution in [0.2, 0.25) is 10.0 Å². The van der Waals surface area contributed by atoms with E-state index in [4.69, 9.17) is 32.7 Å². The van der Waals surface area contributed by atoms with Gasteiger partial charge < -0.3 is 20.1 Å². The van der Waals surface area contributed by atoms with Crippen LogP contribution in [-0.4, -0.2) is 37.8 Å². The smallest absolute Gasteiger partial charge is 0.240 e. The van der Waals surface area contributed by atoms with E-state index in [2.05, 4.69) is 10.6 Å². The van der Waals surface area contributed by atoms with Gasteiger partial charge in [0, 0.05) is 12.1 Å². The summed E-state index contributed by atoms with van der Waals surface area (Å²) in [5.41, 5.74) is 0.849. The second-order valence-electron chi connectivity index (χ2n) is 5.16. The first-order chi connectivity index (χ1) is 10.1. The molecule has 0 radical (unpaired) electrons. The van der Waals surface area contributed by atoms with Crippen LogP contribution in [0.15, 0.2) is 12.1 Å². The van der Waals surface area contributed by atoms with Crippen LogP contribution in [0.25, 0.3) is 0 Å². The molecule has 1 amide bonds. The molecule has 2 aliphatic heterocycles. The van der Waals surface area contributed by atoms with Gasteiger partial charge in [-0.2, -0.15) is 0 Å². The van der Waals surface area contributed by atoms with E-state index in [1.54, 1.807) is 6.07 Å². The summed E-state index contributed by atoms with van der Waals surface area (Å²) in [6, 6.07) is 2.96. The molecule has 0 saturated carbocycles. The lowest BCUT2D eigenvalue weighted by Crippen LogP contribution is -2.56. The first-order valence-electron chi connectivity index (χ1n) is 6.84. The third-order valence-electron chi connectivity index (χ3n) is 3.77. The van der Waals surface area contributed by atoms with Crippen LogP contribution in [0.5, 0.6) is 5.75 Å². The predicted molar refractivity (Wildman–Crippen MR) is 87.3 cm³/mol. The fraction of sp³-hybridized carbons (Fsp3) is 0.500. The predicted octanol–water partition coefficient (Wildman–Crippen LogP) is 2.34. The molecule has 1 fully saturated rings. The minimum Gasteiger partial charge on any atom is -0.489 e. The van der Waals surface area contributed by atoms with Gasteiger partial charge in [0.05, 0.1) is 23.8 Å². The molecule has 0 aromatic heterocycles. The third kappa shape index (κ3) is 3.29. The summed E-state index contributed by atoms with van der Waals surface area (Å²) >= 11 is 12.1. The SMILES string of the molecule is C[C@H]1OCCN[C@@H]1C(=O)NC1COc2c1ccc(Cl)c2Cl.Cl. The topological polar surface area (TPSA) is 59.6 Å². The highest BCUT2D eigenvalue weighted by Crippen LogP contribution is 2.42. The van der Waals surface area contributed by atoms with Crippen molar-refractivity contribution in [3.8, 4) is 5.75 Å². The third-order valence-corrected chi connectivity index (χ3v) is 4.55. The van der Waals surface area contributed by atoms with Crippen molar-refractivity contribution >= 4 is 41.5 Å². The molecule has 5 nitrogen and oxygen atoms in total. The Labute approximate surface area is 145 Å². The Bertz CT molecular complexity index is 571. The zero-order valence-corrected chi connectivity index (χ0v) is 14.2. The summed E-state index contributed by atoms with van der Waals surface area (Å²) in [6.45, 7) is 3.52. The zero-order valence-electron chi connectivity index (χ0n) is 11.9. The summed E-state index contributed by atoms with van der Waals surface area (Å²) in [7, 11) is 0. The minimum absolute atomic E-state index is 0. The van der Waals surface area contributed by atoms with Gasteiger partial charge >= 0.3 is 0 Å². The van der Waals surface area contributed by atoms with Crippen LogP contribution in [0.4, 0.5) is 0 Å². The van der Waals surface area contributed by atoms with Gasteiger partial charge in [0.2, 0.25) is 5.91 Å². The largest absolute Gasteiger partial charge is 0.489 e. The quantitative estimate of drug-likeness (QED) is 0.842. The Morgan fingerprint density at radius 1 is 1.41 bits per heavy atom. The normalized spacial score (nSPS) is 26.6. The van der Waals surface area contributed by atoms with Crippen molar-refractivity contribution in [1.82, 2.24) is 10.6 Å². The highest BCUT2D eigenvalue weighted by molar-refractivity contribution is 6.43. The molecule has 0 bridgehead atoms. The summed E-state index contributed by atoms with van der Waals surface area (Å²) in [4.78, 5) is 12.4. The maximum absolute atomic E-state index is 12.4. The number of fused-ring (bicyclic) bond motifs is 1. The van der Waals surface area contributed by atoms with Crippen molar-refractivity contribution in [2.24, 2.45) is 0 Å². The number of morpholine rings is 1. The molecule has 2 aliphatic rings. The fourth-order valence-corrected chi connectivity index (χ4v) is 3.01. The molecule has 122 valence electrons. The molecule has 8 heteroatoms. The number of benzene rings is 1. The highest BCUT2D eigenvalue weighted by atomic mass is 35.5. The summed E-state index contributed by atoms with van der Waals surface area (Å²) in [5.74, 6) is 0.449. The summed E-state index contributed by atoms with van der Waals surface area (Å²) in [6.07, 6.45) is -0.158. The van der Waals surface area contributed by atoms with Crippen LogP contribution < -0.4 is 15.4 Å². The maximum Gasteiger partial charge on any atom is 0.240 e. The molecular formula is C14H17Cl3N2O3. The number of rotatable bonds is 2. The molecule has 1 aromatic carbocycles. The number of amides is 1.